The fraction of sp³-hybridized carbons (Fsp3) is 0.455. The van der Waals surface area contributed by atoms with Crippen molar-refractivity contribution >= 4 is 0 Å². The molecular formula is C22H27NO3. The largest absolute Gasteiger partial charge is 0.497 e. The highest BCUT2D eigenvalue weighted by Gasteiger charge is 2.36. The Kier molecular flexibility index (Phi) is 5.14. The predicted molar refractivity (Wildman–Crippen MR) is 102 cm³/mol. The molecule has 138 valence electrons. The lowest BCUT2D eigenvalue weighted by Gasteiger charge is -2.37. The number of aliphatic hydroxyl groups excluding tert-OH is 1. The van der Waals surface area contributed by atoms with Gasteiger partial charge in [0.25, 0.3) is 0 Å². The lowest BCUT2D eigenvalue weighted by atomic mass is 9.81. The molecule has 0 spiro atoms. The Bertz CT molecular complexity index is 744. The number of hydrogen-bond donors (Lipinski definition) is 1. The van der Waals surface area contributed by atoms with Crippen molar-refractivity contribution in [3.8, 4) is 11.5 Å². The molecule has 2 aliphatic heterocycles. The van der Waals surface area contributed by atoms with Gasteiger partial charge in [-0.2, -0.15) is 0 Å². The normalized spacial score (nSPS) is 21.9. The van der Waals surface area contributed by atoms with Crippen molar-refractivity contribution in [1.82, 2.24) is 4.90 Å². The van der Waals surface area contributed by atoms with Gasteiger partial charge >= 0.3 is 0 Å². The summed E-state index contributed by atoms with van der Waals surface area (Å²) in [6.45, 7) is 2.98. The molecule has 4 rings (SSSR count). The number of nitrogens with zero attached hydrogens (tertiary/aromatic N) is 1. The topological polar surface area (TPSA) is 41.9 Å². The average Bonchev–Trinajstić information content (AvgIpc) is 3.16. The highest BCUT2D eigenvalue weighted by atomic mass is 16.5. The summed E-state index contributed by atoms with van der Waals surface area (Å²) in [5.41, 5.74) is 4.18. The van der Waals surface area contributed by atoms with E-state index < -0.39 is 0 Å². The zero-order chi connectivity index (χ0) is 17.9. The maximum atomic E-state index is 8.96. The maximum absolute atomic E-state index is 8.96. The van der Waals surface area contributed by atoms with Crippen molar-refractivity contribution < 1.29 is 14.6 Å². The second-order valence-electron chi connectivity index (χ2n) is 7.20. The van der Waals surface area contributed by atoms with Crippen LogP contribution < -0.4 is 9.47 Å². The van der Waals surface area contributed by atoms with E-state index in [1.54, 1.807) is 7.11 Å². The van der Waals surface area contributed by atoms with Gasteiger partial charge in [-0.25, -0.2) is 0 Å². The highest BCUT2D eigenvalue weighted by Crippen LogP contribution is 2.45. The van der Waals surface area contributed by atoms with E-state index >= 15 is 0 Å². The number of benzene rings is 2. The second kappa shape index (κ2) is 7.68. The number of fused-ring (bicyclic) bond motifs is 3. The first-order valence-corrected chi connectivity index (χ1v) is 9.55. The molecule has 1 N–H and O–H groups in total. The summed E-state index contributed by atoms with van der Waals surface area (Å²) < 4.78 is 11.2. The minimum Gasteiger partial charge on any atom is -0.497 e. The molecule has 2 aliphatic rings. The molecule has 26 heavy (non-hydrogen) atoms. The first kappa shape index (κ1) is 17.4. The summed E-state index contributed by atoms with van der Waals surface area (Å²) in [6, 6.07) is 15.6. The standard InChI is InChI=1S/C22H27NO3/c1-25-17-7-5-16(6-8-17)21-15-23-11-2-4-22(23)20-14-18(9-10-19(20)21)26-13-3-12-24/h5-10,14,21-22,24H,2-4,11-13,15H2,1H3/t21-,22+/m0/s1. The molecule has 4 nitrogen and oxygen atoms in total. The summed E-state index contributed by atoms with van der Waals surface area (Å²) in [6.07, 6.45) is 3.15. The minimum absolute atomic E-state index is 0.168. The molecule has 0 unspecified atom stereocenters. The monoisotopic (exact) mass is 353 g/mol. The number of rotatable bonds is 6. The summed E-state index contributed by atoms with van der Waals surface area (Å²) >= 11 is 0. The van der Waals surface area contributed by atoms with Crippen molar-refractivity contribution in [2.45, 2.75) is 31.2 Å². The summed E-state index contributed by atoms with van der Waals surface area (Å²) in [5.74, 6) is 2.20. The molecule has 1 saturated heterocycles. The predicted octanol–water partition coefficient (Wildman–Crippen LogP) is 3.74. The van der Waals surface area contributed by atoms with Crippen LogP contribution in [-0.4, -0.2) is 43.4 Å². The van der Waals surface area contributed by atoms with Crippen LogP contribution in [0.25, 0.3) is 0 Å². The van der Waals surface area contributed by atoms with Crippen LogP contribution in [0.3, 0.4) is 0 Å². The van der Waals surface area contributed by atoms with Crippen LogP contribution in [0, 0.1) is 0 Å². The van der Waals surface area contributed by atoms with Gasteiger partial charge in [0, 0.05) is 31.5 Å². The van der Waals surface area contributed by atoms with E-state index in [9.17, 15) is 0 Å². The van der Waals surface area contributed by atoms with E-state index in [0.29, 0.717) is 25.0 Å². The number of ether oxygens (including phenoxy) is 2. The molecule has 0 aromatic heterocycles. The van der Waals surface area contributed by atoms with Crippen molar-refractivity contribution in [2.75, 3.05) is 33.4 Å². The first-order chi connectivity index (χ1) is 12.8. The van der Waals surface area contributed by atoms with Gasteiger partial charge < -0.3 is 14.6 Å². The zero-order valence-electron chi connectivity index (χ0n) is 15.4. The number of aliphatic hydroxyl groups is 1. The molecule has 4 heteroatoms. The smallest absolute Gasteiger partial charge is 0.119 e. The second-order valence-corrected chi connectivity index (χ2v) is 7.20. The molecule has 0 aliphatic carbocycles. The van der Waals surface area contributed by atoms with E-state index in [1.165, 1.54) is 36.1 Å². The summed E-state index contributed by atoms with van der Waals surface area (Å²) in [7, 11) is 1.71. The molecule has 2 aromatic rings. The van der Waals surface area contributed by atoms with Crippen LogP contribution >= 0.6 is 0 Å². The zero-order valence-corrected chi connectivity index (χ0v) is 15.4. The Balaban J connectivity index is 1.66. The van der Waals surface area contributed by atoms with E-state index in [0.717, 1.165) is 18.0 Å². The van der Waals surface area contributed by atoms with Gasteiger partial charge in [-0.15, -0.1) is 0 Å². The molecule has 2 heterocycles. The summed E-state index contributed by atoms with van der Waals surface area (Å²) in [5, 5.41) is 8.96. The SMILES string of the molecule is COc1ccc([C@@H]2CN3CCC[C@@H]3c3cc(OCCCO)ccc32)cc1. The van der Waals surface area contributed by atoms with E-state index in [4.69, 9.17) is 14.6 Å². The van der Waals surface area contributed by atoms with Crippen LogP contribution in [0.15, 0.2) is 42.5 Å². The van der Waals surface area contributed by atoms with Crippen molar-refractivity contribution in [1.29, 1.82) is 0 Å². The molecule has 1 fully saturated rings. The Morgan fingerprint density at radius 3 is 2.65 bits per heavy atom. The van der Waals surface area contributed by atoms with E-state index in [1.807, 2.05) is 0 Å². The highest BCUT2D eigenvalue weighted by molar-refractivity contribution is 5.47. The third kappa shape index (κ3) is 3.31. The fourth-order valence-corrected chi connectivity index (χ4v) is 4.35. The van der Waals surface area contributed by atoms with Gasteiger partial charge in [0.05, 0.1) is 13.7 Å². The molecule has 0 saturated carbocycles. The van der Waals surface area contributed by atoms with E-state index in [-0.39, 0.29) is 6.61 Å². The lowest BCUT2D eigenvalue weighted by molar-refractivity contribution is 0.224. The van der Waals surface area contributed by atoms with Crippen molar-refractivity contribution in [3.05, 3.63) is 59.2 Å². The Morgan fingerprint density at radius 2 is 1.88 bits per heavy atom. The Labute approximate surface area is 155 Å². The van der Waals surface area contributed by atoms with Crippen LogP contribution in [-0.2, 0) is 0 Å². The number of methoxy groups -OCH3 is 1. The van der Waals surface area contributed by atoms with Crippen molar-refractivity contribution in [3.63, 3.8) is 0 Å². The van der Waals surface area contributed by atoms with Crippen LogP contribution in [0.1, 0.15) is 47.9 Å². The fourth-order valence-electron chi connectivity index (χ4n) is 4.35. The van der Waals surface area contributed by atoms with Gasteiger partial charge in [0.1, 0.15) is 11.5 Å². The first-order valence-electron chi connectivity index (χ1n) is 9.55. The van der Waals surface area contributed by atoms with Crippen molar-refractivity contribution in [2.24, 2.45) is 0 Å². The van der Waals surface area contributed by atoms with Gasteiger partial charge in [-0.3, -0.25) is 4.90 Å². The lowest BCUT2D eigenvalue weighted by Crippen LogP contribution is -2.34. The van der Waals surface area contributed by atoms with Gasteiger partial charge in [0.2, 0.25) is 0 Å². The molecule has 2 aromatic carbocycles. The van der Waals surface area contributed by atoms with Crippen LogP contribution in [0.4, 0.5) is 0 Å². The van der Waals surface area contributed by atoms with Crippen LogP contribution in [0.5, 0.6) is 11.5 Å². The summed E-state index contributed by atoms with van der Waals surface area (Å²) in [4.78, 5) is 2.62. The third-order valence-corrected chi connectivity index (χ3v) is 5.66. The molecular weight excluding hydrogens is 326 g/mol. The number of hydrogen-bond acceptors (Lipinski definition) is 4. The maximum Gasteiger partial charge on any atom is 0.119 e. The molecule has 2 atom stereocenters. The van der Waals surface area contributed by atoms with Crippen LogP contribution in [0.2, 0.25) is 0 Å². The Hall–Kier alpha value is -2.04. The van der Waals surface area contributed by atoms with Gasteiger partial charge in [-0.05, 0) is 60.3 Å². The Morgan fingerprint density at radius 1 is 1.08 bits per heavy atom. The molecule has 0 bridgehead atoms. The third-order valence-electron chi connectivity index (χ3n) is 5.66. The average molecular weight is 353 g/mol. The molecule has 0 amide bonds. The molecule has 0 radical (unpaired) electrons. The van der Waals surface area contributed by atoms with Gasteiger partial charge in [0.15, 0.2) is 0 Å². The van der Waals surface area contributed by atoms with Gasteiger partial charge in [-0.1, -0.05) is 18.2 Å². The minimum atomic E-state index is 0.168. The van der Waals surface area contributed by atoms with E-state index in [2.05, 4.69) is 47.4 Å². The quantitative estimate of drug-likeness (QED) is 0.804.